The molecule has 6 heteroatoms. The molecule has 0 bridgehead atoms. The number of hydrogen-bond donors (Lipinski definition) is 2. The van der Waals surface area contributed by atoms with Crippen molar-refractivity contribution in [2.24, 2.45) is 11.3 Å². The van der Waals surface area contributed by atoms with Crippen LogP contribution in [0.5, 0.6) is 0 Å². The van der Waals surface area contributed by atoms with Crippen LogP contribution in [0.2, 0.25) is 0 Å². The Morgan fingerprint density at radius 3 is 2.05 bits per heavy atom. The van der Waals surface area contributed by atoms with Crippen LogP contribution in [0, 0.1) is 11.3 Å². The number of carboxylic acids is 1. The van der Waals surface area contributed by atoms with Gasteiger partial charge >= 0.3 is 5.97 Å². The molecule has 0 aromatic rings. The van der Waals surface area contributed by atoms with E-state index >= 15 is 0 Å². The number of carbonyl (C=O) groups is 3. The molecule has 0 fully saturated rings. The van der Waals surface area contributed by atoms with Gasteiger partial charge in [0.05, 0.1) is 12.0 Å². The van der Waals surface area contributed by atoms with Gasteiger partial charge in [-0.2, -0.15) is 0 Å². The molecule has 2 N–H and O–H groups in total. The zero-order chi connectivity index (χ0) is 16.1. The Labute approximate surface area is 120 Å². The first-order chi connectivity index (χ1) is 9.00. The van der Waals surface area contributed by atoms with E-state index in [0.717, 1.165) is 0 Å². The summed E-state index contributed by atoms with van der Waals surface area (Å²) in [7, 11) is 1.50. The minimum absolute atomic E-state index is 0.00551. The smallest absolute Gasteiger partial charge is 0.310 e. The van der Waals surface area contributed by atoms with E-state index in [2.05, 4.69) is 5.32 Å². The molecule has 2 amide bonds. The highest BCUT2D eigenvalue weighted by Crippen LogP contribution is 2.31. The Hall–Kier alpha value is -1.59. The van der Waals surface area contributed by atoms with Gasteiger partial charge in [-0.15, -0.1) is 0 Å². The molecule has 0 aliphatic heterocycles. The second-order valence-electron chi connectivity index (χ2n) is 6.03. The molecule has 1 atom stereocenters. The quantitative estimate of drug-likeness (QED) is 0.734. The van der Waals surface area contributed by atoms with E-state index in [1.807, 2.05) is 13.8 Å². The van der Waals surface area contributed by atoms with Crippen molar-refractivity contribution < 1.29 is 19.5 Å². The van der Waals surface area contributed by atoms with Gasteiger partial charge in [0.25, 0.3) is 0 Å². The summed E-state index contributed by atoms with van der Waals surface area (Å²) in [5, 5.41) is 12.0. The molecule has 1 unspecified atom stereocenters. The second kappa shape index (κ2) is 7.26. The van der Waals surface area contributed by atoms with Crippen molar-refractivity contribution in [3.63, 3.8) is 0 Å². The summed E-state index contributed by atoms with van der Waals surface area (Å²) >= 11 is 0. The SMILES string of the molecule is CC(C)NC(=O)CN(C)C(=O)CC(C)(C(=O)O)C(C)C. The monoisotopic (exact) mass is 286 g/mol. The third-order valence-electron chi connectivity index (χ3n) is 3.54. The largest absolute Gasteiger partial charge is 0.481 e. The van der Waals surface area contributed by atoms with Crippen LogP contribution in [0.3, 0.4) is 0 Å². The molecule has 0 heterocycles. The van der Waals surface area contributed by atoms with Crippen LogP contribution in [-0.4, -0.2) is 47.4 Å². The summed E-state index contributed by atoms with van der Waals surface area (Å²) in [4.78, 5) is 36.3. The second-order valence-corrected chi connectivity index (χ2v) is 6.03. The van der Waals surface area contributed by atoms with E-state index in [9.17, 15) is 19.5 Å². The molecule has 0 radical (unpaired) electrons. The highest BCUT2D eigenvalue weighted by molar-refractivity contribution is 5.88. The van der Waals surface area contributed by atoms with Crippen molar-refractivity contribution in [3.8, 4) is 0 Å². The molecule has 0 saturated carbocycles. The van der Waals surface area contributed by atoms with Gasteiger partial charge < -0.3 is 15.3 Å². The van der Waals surface area contributed by atoms with Crippen molar-refractivity contribution in [2.75, 3.05) is 13.6 Å². The summed E-state index contributed by atoms with van der Waals surface area (Å²) in [6.07, 6.45) is -0.120. The molecule has 0 aliphatic carbocycles. The van der Waals surface area contributed by atoms with Gasteiger partial charge in [-0.1, -0.05) is 13.8 Å². The molecular formula is C14H26N2O4. The number of carboxylic acid groups (broad SMARTS) is 1. The number of likely N-dealkylation sites (N-methyl/N-ethyl adjacent to an activating group) is 1. The number of hydrogen-bond acceptors (Lipinski definition) is 3. The topological polar surface area (TPSA) is 86.7 Å². The van der Waals surface area contributed by atoms with Crippen molar-refractivity contribution >= 4 is 17.8 Å². The van der Waals surface area contributed by atoms with Crippen molar-refractivity contribution in [1.29, 1.82) is 0 Å². The first kappa shape index (κ1) is 18.4. The summed E-state index contributed by atoms with van der Waals surface area (Å²) in [6, 6.07) is 0.00551. The lowest BCUT2D eigenvalue weighted by molar-refractivity contribution is -0.155. The van der Waals surface area contributed by atoms with Gasteiger partial charge in [0, 0.05) is 19.5 Å². The van der Waals surface area contributed by atoms with Gasteiger partial charge in [0.1, 0.15) is 0 Å². The number of nitrogens with zero attached hydrogens (tertiary/aromatic N) is 1. The van der Waals surface area contributed by atoms with E-state index in [1.165, 1.54) is 11.9 Å². The predicted molar refractivity (Wildman–Crippen MR) is 76.1 cm³/mol. The van der Waals surface area contributed by atoms with Crippen LogP contribution in [0.4, 0.5) is 0 Å². The Morgan fingerprint density at radius 1 is 1.20 bits per heavy atom. The van der Waals surface area contributed by atoms with E-state index < -0.39 is 11.4 Å². The molecule has 6 nitrogen and oxygen atoms in total. The van der Waals surface area contributed by atoms with Crippen molar-refractivity contribution in [3.05, 3.63) is 0 Å². The molecule has 20 heavy (non-hydrogen) atoms. The zero-order valence-electron chi connectivity index (χ0n) is 13.2. The molecule has 0 rings (SSSR count). The minimum atomic E-state index is -1.13. The normalized spacial score (nSPS) is 14.0. The predicted octanol–water partition coefficient (Wildman–Crippen LogP) is 1.11. The average molecular weight is 286 g/mol. The molecule has 116 valence electrons. The van der Waals surface area contributed by atoms with Crippen LogP contribution >= 0.6 is 0 Å². The zero-order valence-corrected chi connectivity index (χ0v) is 13.2. The number of amides is 2. The summed E-state index contributed by atoms with van der Waals surface area (Å²) < 4.78 is 0. The lowest BCUT2D eigenvalue weighted by Gasteiger charge is -2.30. The number of carbonyl (C=O) groups excluding carboxylic acids is 2. The van der Waals surface area contributed by atoms with Gasteiger partial charge in [-0.3, -0.25) is 14.4 Å². The van der Waals surface area contributed by atoms with Crippen LogP contribution in [0.25, 0.3) is 0 Å². The average Bonchev–Trinajstić information content (AvgIpc) is 2.26. The van der Waals surface area contributed by atoms with Gasteiger partial charge in [-0.05, 0) is 26.7 Å². The summed E-state index contributed by atoms with van der Waals surface area (Å²) in [5.74, 6) is -1.78. The van der Waals surface area contributed by atoms with E-state index in [0.29, 0.717) is 0 Å². The summed E-state index contributed by atoms with van der Waals surface area (Å²) in [5.41, 5.74) is -1.13. The maximum Gasteiger partial charge on any atom is 0.310 e. The highest BCUT2D eigenvalue weighted by atomic mass is 16.4. The van der Waals surface area contributed by atoms with E-state index in [4.69, 9.17) is 0 Å². The molecular weight excluding hydrogens is 260 g/mol. The van der Waals surface area contributed by atoms with Gasteiger partial charge in [0.15, 0.2) is 0 Å². The van der Waals surface area contributed by atoms with Crippen LogP contribution in [-0.2, 0) is 14.4 Å². The third kappa shape index (κ3) is 5.19. The first-order valence-corrected chi connectivity index (χ1v) is 6.77. The lowest BCUT2D eigenvalue weighted by atomic mass is 9.76. The third-order valence-corrected chi connectivity index (χ3v) is 3.54. The number of aliphatic carboxylic acids is 1. The Balaban J connectivity index is 4.67. The Bertz CT molecular complexity index is 379. The van der Waals surface area contributed by atoms with Gasteiger partial charge in [0.2, 0.25) is 11.8 Å². The molecule has 0 aromatic carbocycles. The van der Waals surface area contributed by atoms with Crippen LogP contribution in [0.15, 0.2) is 0 Å². The van der Waals surface area contributed by atoms with E-state index in [-0.39, 0.29) is 36.7 Å². The number of nitrogens with one attached hydrogen (secondary N) is 1. The maximum atomic E-state index is 12.1. The maximum absolute atomic E-state index is 12.1. The standard InChI is InChI=1S/C14H26N2O4/c1-9(2)14(5,13(19)20)7-12(18)16(6)8-11(17)15-10(3)4/h9-10H,7-8H2,1-6H3,(H,15,17)(H,19,20). The molecule has 0 saturated heterocycles. The van der Waals surface area contributed by atoms with E-state index in [1.54, 1.807) is 20.8 Å². The van der Waals surface area contributed by atoms with Gasteiger partial charge in [-0.25, -0.2) is 0 Å². The first-order valence-electron chi connectivity index (χ1n) is 6.77. The molecule has 0 spiro atoms. The summed E-state index contributed by atoms with van der Waals surface area (Å²) in [6.45, 7) is 8.70. The van der Waals surface area contributed by atoms with Crippen LogP contribution < -0.4 is 5.32 Å². The molecule has 0 aromatic heterocycles. The lowest BCUT2D eigenvalue weighted by Crippen LogP contribution is -2.44. The van der Waals surface area contributed by atoms with Crippen LogP contribution in [0.1, 0.15) is 41.0 Å². The fourth-order valence-electron chi connectivity index (χ4n) is 1.65. The Morgan fingerprint density at radius 2 is 1.70 bits per heavy atom. The number of rotatable bonds is 7. The Kier molecular flexibility index (Phi) is 6.68. The fraction of sp³-hybridized carbons (Fsp3) is 0.786. The van der Waals surface area contributed by atoms with Crippen molar-refractivity contribution in [2.45, 2.75) is 47.1 Å². The highest BCUT2D eigenvalue weighted by Gasteiger charge is 2.39. The van der Waals surface area contributed by atoms with Crippen molar-refractivity contribution in [1.82, 2.24) is 10.2 Å². The molecule has 0 aliphatic rings. The fourth-order valence-corrected chi connectivity index (χ4v) is 1.65. The minimum Gasteiger partial charge on any atom is -0.481 e.